The Morgan fingerprint density at radius 3 is 2.67 bits per heavy atom. The van der Waals surface area contributed by atoms with Crippen LogP contribution in [-0.4, -0.2) is 11.7 Å². The molecule has 0 spiro atoms. The summed E-state index contributed by atoms with van der Waals surface area (Å²) in [5.74, 6) is 0.997. The Morgan fingerprint density at radius 2 is 2.33 bits per heavy atom. The lowest BCUT2D eigenvalue weighted by atomic mass is 9.67. The zero-order valence-electron chi connectivity index (χ0n) is 7.34. The maximum atomic E-state index is 9.27. The van der Waals surface area contributed by atoms with Gasteiger partial charge in [-0.3, -0.25) is 0 Å². The SMILES string of the molecule is Cc1ccoc1C1(CO)CCC1. The molecule has 2 rings (SSSR count). The molecule has 2 nitrogen and oxygen atoms in total. The Morgan fingerprint density at radius 1 is 1.58 bits per heavy atom. The molecule has 1 heterocycles. The summed E-state index contributed by atoms with van der Waals surface area (Å²) in [7, 11) is 0. The predicted octanol–water partition coefficient (Wildman–Crippen LogP) is 2.00. The van der Waals surface area contributed by atoms with Crippen LogP contribution in [0, 0.1) is 6.92 Å². The van der Waals surface area contributed by atoms with Gasteiger partial charge in [-0.05, 0) is 31.4 Å². The van der Waals surface area contributed by atoms with E-state index in [0.717, 1.165) is 18.6 Å². The highest BCUT2D eigenvalue weighted by molar-refractivity contribution is 5.26. The van der Waals surface area contributed by atoms with E-state index in [9.17, 15) is 5.11 Å². The van der Waals surface area contributed by atoms with Crippen LogP contribution in [0.1, 0.15) is 30.6 Å². The molecule has 0 bridgehead atoms. The molecular formula is C10H14O2. The van der Waals surface area contributed by atoms with E-state index in [1.165, 1.54) is 12.0 Å². The Kier molecular flexibility index (Phi) is 1.72. The second kappa shape index (κ2) is 2.63. The molecule has 1 aromatic rings. The molecular weight excluding hydrogens is 152 g/mol. The van der Waals surface area contributed by atoms with E-state index < -0.39 is 0 Å². The predicted molar refractivity (Wildman–Crippen MR) is 46.1 cm³/mol. The van der Waals surface area contributed by atoms with Gasteiger partial charge in [0.15, 0.2) is 0 Å². The molecule has 1 N–H and O–H groups in total. The Bertz CT molecular complexity index is 266. The van der Waals surface area contributed by atoms with Gasteiger partial charge < -0.3 is 9.52 Å². The van der Waals surface area contributed by atoms with Crippen LogP contribution in [0.5, 0.6) is 0 Å². The van der Waals surface area contributed by atoms with Crippen LogP contribution >= 0.6 is 0 Å². The Hall–Kier alpha value is -0.760. The van der Waals surface area contributed by atoms with E-state index in [4.69, 9.17) is 4.42 Å². The van der Waals surface area contributed by atoms with Gasteiger partial charge in [0.2, 0.25) is 0 Å². The molecule has 0 radical (unpaired) electrons. The number of aliphatic hydroxyl groups is 1. The lowest BCUT2D eigenvalue weighted by molar-refractivity contribution is 0.0978. The molecule has 2 heteroatoms. The van der Waals surface area contributed by atoms with Gasteiger partial charge >= 0.3 is 0 Å². The van der Waals surface area contributed by atoms with Crippen molar-refractivity contribution < 1.29 is 9.52 Å². The number of hydrogen-bond donors (Lipinski definition) is 1. The van der Waals surface area contributed by atoms with Crippen LogP contribution in [0.25, 0.3) is 0 Å². The van der Waals surface area contributed by atoms with Gasteiger partial charge in [0.25, 0.3) is 0 Å². The highest BCUT2D eigenvalue weighted by atomic mass is 16.3. The van der Waals surface area contributed by atoms with Gasteiger partial charge in [-0.25, -0.2) is 0 Å². The molecule has 0 amide bonds. The fraction of sp³-hybridized carbons (Fsp3) is 0.600. The molecule has 0 aliphatic heterocycles. The lowest BCUT2D eigenvalue weighted by Gasteiger charge is -2.38. The van der Waals surface area contributed by atoms with Crippen molar-refractivity contribution in [2.24, 2.45) is 0 Å². The third-order valence-corrected chi connectivity index (χ3v) is 2.96. The molecule has 0 atom stereocenters. The lowest BCUT2D eigenvalue weighted by Crippen LogP contribution is -2.38. The fourth-order valence-electron chi connectivity index (χ4n) is 1.98. The first-order valence-corrected chi connectivity index (χ1v) is 4.44. The van der Waals surface area contributed by atoms with E-state index in [2.05, 4.69) is 0 Å². The highest BCUT2D eigenvalue weighted by Crippen LogP contribution is 2.44. The van der Waals surface area contributed by atoms with E-state index in [1.54, 1.807) is 6.26 Å². The van der Waals surface area contributed by atoms with Gasteiger partial charge in [0.05, 0.1) is 18.3 Å². The van der Waals surface area contributed by atoms with Crippen LogP contribution in [0.2, 0.25) is 0 Å². The van der Waals surface area contributed by atoms with Crippen molar-refractivity contribution in [1.29, 1.82) is 0 Å². The maximum absolute atomic E-state index is 9.27. The average Bonchev–Trinajstić information content (AvgIpc) is 2.36. The molecule has 0 saturated heterocycles. The van der Waals surface area contributed by atoms with E-state index >= 15 is 0 Å². The minimum absolute atomic E-state index is 0.0341. The minimum Gasteiger partial charge on any atom is -0.468 e. The van der Waals surface area contributed by atoms with Crippen molar-refractivity contribution in [3.8, 4) is 0 Å². The first-order chi connectivity index (χ1) is 5.78. The van der Waals surface area contributed by atoms with Crippen molar-refractivity contribution in [3.05, 3.63) is 23.7 Å². The Labute approximate surface area is 72.2 Å². The average molecular weight is 166 g/mol. The van der Waals surface area contributed by atoms with Gasteiger partial charge in [0.1, 0.15) is 5.76 Å². The third-order valence-electron chi connectivity index (χ3n) is 2.96. The summed E-state index contributed by atoms with van der Waals surface area (Å²) in [5, 5.41) is 9.27. The van der Waals surface area contributed by atoms with Crippen LogP contribution < -0.4 is 0 Å². The van der Waals surface area contributed by atoms with Crippen LogP contribution in [0.15, 0.2) is 16.7 Å². The van der Waals surface area contributed by atoms with E-state index in [0.29, 0.717) is 0 Å². The normalized spacial score (nSPS) is 20.5. The first kappa shape index (κ1) is 7.87. The minimum atomic E-state index is -0.0341. The zero-order chi connectivity index (χ0) is 8.60. The monoisotopic (exact) mass is 166 g/mol. The second-order valence-corrected chi connectivity index (χ2v) is 3.72. The van der Waals surface area contributed by atoms with Crippen molar-refractivity contribution >= 4 is 0 Å². The van der Waals surface area contributed by atoms with Crippen molar-refractivity contribution in [3.63, 3.8) is 0 Å². The standard InChI is InChI=1S/C10H14O2/c1-8-3-6-12-9(8)10(7-11)4-2-5-10/h3,6,11H,2,4-5,7H2,1H3. The number of furan rings is 1. The van der Waals surface area contributed by atoms with Crippen LogP contribution in [0.3, 0.4) is 0 Å². The first-order valence-electron chi connectivity index (χ1n) is 4.44. The summed E-state index contributed by atoms with van der Waals surface area (Å²) in [5.41, 5.74) is 1.14. The van der Waals surface area contributed by atoms with Gasteiger partial charge in [-0.15, -0.1) is 0 Å². The second-order valence-electron chi connectivity index (χ2n) is 3.72. The quantitative estimate of drug-likeness (QED) is 0.729. The van der Waals surface area contributed by atoms with E-state index in [-0.39, 0.29) is 12.0 Å². The molecule has 0 aromatic carbocycles. The summed E-state index contributed by atoms with van der Waals surface area (Å²) < 4.78 is 5.40. The molecule has 1 fully saturated rings. The highest BCUT2D eigenvalue weighted by Gasteiger charge is 2.41. The zero-order valence-corrected chi connectivity index (χ0v) is 7.34. The van der Waals surface area contributed by atoms with Crippen molar-refractivity contribution in [2.75, 3.05) is 6.61 Å². The maximum Gasteiger partial charge on any atom is 0.115 e. The molecule has 1 aliphatic rings. The molecule has 1 aromatic heterocycles. The Balaban J connectivity index is 2.33. The smallest absolute Gasteiger partial charge is 0.115 e. The van der Waals surface area contributed by atoms with Gasteiger partial charge in [-0.2, -0.15) is 0 Å². The number of rotatable bonds is 2. The topological polar surface area (TPSA) is 33.4 Å². The fourth-order valence-corrected chi connectivity index (χ4v) is 1.98. The van der Waals surface area contributed by atoms with Gasteiger partial charge in [0, 0.05) is 0 Å². The molecule has 0 unspecified atom stereocenters. The van der Waals surface area contributed by atoms with Crippen LogP contribution in [0.4, 0.5) is 0 Å². The molecule has 1 saturated carbocycles. The van der Waals surface area contributed by atoms with Crippen molar-refractivity contribution in [1.82, 2.24) is 0 Å². The number of aryl methyl sites for hydroxylation is 1. The summed E-state index contributed by atoms with van der Waals surface area (Å²) in [6, 6.07) is 1.96. The molecule has 12 heavy (non-hydrogen) atoms. The molecule has 1 aliphatic carbocycles. The summed E-state index contributed by atoms with van der Waals surface area (Å²) in [6.45, 7) is 2.26. The van der Waals surface area contributed by atoms with E-state index in [1.807, 2.05) is 13.0 Å². The molecule has 66 valence electrons. The van der Waals surface area contributed by atoms with Gasteiger partial charge in [-0.1, -0.05) is 6.42 Å². The summed E-state index contributed by atoms with van der Waals surface area (Å²) in [6.07, 6.45) is 5.05. The summed E-state index contributed by atoms with van der Waals surface area (Å²) in [4.78, 5) is 0. The summed E-state index contributed by atoms with van der Waals surface area (Å²) >= 11 is 0. The van der Waals surface area contributed by atoms with Crippen molar-refractivity contribution in [2.45, 2.75) is 31.6 Å². The van der Waals surface area contributed by atoms with Crippen LogP contribution in [-0.2, 0) is 5.41 Å². The number of aliphatic hydroxyl groups excluding tert-OH is 1. The number of hydrogen-bond acceptors (Lipinski definition) is 2. The third kappa shape index (κ3) is 0.911. The largest absolute Gasteiger partial charge is 0.468 e.